The van der Waals surface area contributed by atoms with Crippen LogP contribution in [0, 0.1) is 10.1 Å². The van der Waals surface area contributed by atoms with Gasteiger partial charge in [0.1, 0.15) is 5.57 Å². The fourth-order valence-electron chi connectivity index (χ4n) is 1.50. The van der Waals surface area contributed by atoms with Crippen molar-refractivity contribution in [3.8, 4) is 0 Å². The van der Waals surface area contributed by atoms with Crippen molar-refractivity contribution in [2.45, 2.75) is 58.0 Å². The second kappa shape index (κ2) is 8.08. The molecule has 0 saturated heterocycles. The molecule has 0 amide bonds. The molecule has 0 saturated carbocycles. The van der Waals surface area contributed by atoms with Crippen LogP contribution in [0.15, 0.2) is 11.8 Å². The van der Waals surface area contributed by atoms with Gasteiger partial charge >= 0.3 is 6.18 Å². The second-order valence-corrected chi connectivity index (χ2v) is 3.96. The summed E-state index contributed by atoms with van der Waals surface area (Å²) in [4.78, 5) is 9.02. The Kier molecular flexibility index (Phi) is 7.58. The lowest BCUT2D eigenvalue weighted by Gasteiger charge is -2.08. The summed E-state index contributed by atoms with van der Waals surface area (Å²) < 4.78 is 37.0. The number of nitrogens with zero attached hydrogens (tertiary/aromatic N) is 1. The number of unbranched alkanes of at least 4 members (excludes halogenated alkanes) is 5. The molecule has 0 unspecified atom stereocenters. The van der Waals surface area contributed by atoms with Gasteiger partial charge in [0.25, 0.3) is 0 Å². The SMILES string of the molecule is CCCCCCCC/C(=C\[N+](=O)[O-])C(F)(F)F. The van der Waals surface area contributed by atoms with Crippen LogP contribution in [0.5, 0.6) is 0 Å². The third-order valence-corrected chi connectivity index (χ3v) is 2.43. The number of alkyl halides is 3. The average Bonchev–Trinajstić information content (AvgIpc) is 2.19. The van der Waals surface area contributed by atoms with Gasteiger partial charge in [-0.05, 0) is 12.8 Å². The lowest BCUT2D eigenvalue weighted by molar-refractivity contribution is -0.405. The minimum Gasteiger partial charge on any atom is -0.259 e. The molecule has 0 bridgehead atoms. The molecule has 100 valence electrons. The number of rotatable bonds is 8. The molecule has 0 radical (unpaired) electrons. The molecule has 6 heteroatoms. The summed E-state index contributed by atoms with van der Waals surface area (Å²) in [6, 6.07) is 0. The van der Waals surface area contributed by atoms with E-state index in [1.165, 1.54) is 0 Å². The third kappa shape index (κ3) is 8.71. The number of halogens is 3. The van der Waals surface area contributed by atoms with Gasteiger partial charge in [-0.25, -0.2) is 0 Å². The van der Waals surface area contributed by atoms with E-state index in [1.807, 2.05) is 0 Å². The molecule has 0 fully saturated rings. The zero-order valence-corrected chi connectivity index (χ0v) is 9.92. The summed E-state index contributed by atoms with van der Waals surface area (Å²) in [6.45, 7) is 2.06. The van der Waals surface area contributed by atoms with Crippen LogP contribution >= 0.6 is 0 Å². The minimum atomic E-state index is -4.59. The summed E-state index contributed by atoms with van der Waals surface area (Å²) in [5, 5.41) is 10.1. The molecular formula is C11H18F3NO2. The zero-order chi connectivity index (χ0) is 13.3. The topological polar surface area (TPSA) is 43.1 Å². The van der Waals surface area contributed by atoms with E-state index in [-0.39, 0.29) is 12.6 Å². The first-order chi connectivity index (χ1) is 7.88. The van der Waals surface area contributed by atoms with Crippen molar-refractivity contribution >= 4 is 0 Å². The fourth-order valence-corrected chi connectivity index (χ4v) is 1.50. The molecule has 0 aliphatic heterocycles. The highest BCUT2D eigenvalue weighted by atomic mass is 19.4. The van der Waals surface area contributed by atoms with Crippen molar-refractivity contribution in [3.63, 3.8) is 0 Å². The maximum absolute atomic E-state index is 12.3. The van der Waals surface area contributed by atoms with Crippen LogP contribution in [0.1, 0.15) is 51.9 Å². The van der Waals surface area contributed by atoms with Crippen LogP contribution in [-0.2, 0) is 0 Å². The normalized spacial score (nSPS) is 12.8. The summed E-state index contributed by atoms with van der Waals surface area (Å²) in [7, 11) is 0. The molecule has 0 aliphatic carbocycles. The van der Waals surface area contributed by atoms with E-state index in [2.05, 4.69) is 6.92 Å². The number of hydrogen-bond donors (Lipinski definition) is 0. The molecule has 0 atom stereocenters. The van der Waals surface area contributed by atoms with Crippen molar-refractivity contribution in [3.05, 3.63) is 21.9 Å². The van der Waals surface area contributed by atoms with Gasteiger partial charge in [-0.1, -0.05) is 39.0 Å². The standard InChI is InChI=1S/C11H18F3NO2/c1-2-3-4-5-6-7-8-10(9-15(16)17)11(12,13)14/h9H,2-8H2,1H3/b10-9+. The van der Waals surface area contributed by atoms with Crippen molar-refractivity contribution < 1.29 is 18.1 Å². The van der Waals surface area contributed by atoms with Gasteiger partial charge in [0.2, 0.25) is 6.20 Å². The molecule has 3 nitrogen and oxygen atoms in total. The molecule has 0 aromatic heterocycles. The summed E-state index contributed by atoms with van der Waals surface area (Å²) >= 11 is 0. The molecule has 0 N–H and O–H groups in total. The molecule has 0 heterocycles. The second-order valence-electron chi connectivity index (χ2n) is 3.96. The quantitative estimate of drug-likeness (QED) is 0.364. The van der Waals surface area contributed by atoms with Gasteiger partial charge < -0.3 is 0 Å². The molecule has 0 aromatic carbocycles. The Morgan fingerprint density at radius 1 is 1.18 bits per heavy atom. The maximum Gasteiger partial charge on any atom is 0.418 e. The van der Waals surface area contributed by atoms with Crippen LogP contribution in [0.2, 0.25) is 0 Å². The van der Waals surface area contributed by atoms with Crippen LogP contribution < -0.4 is 0 Å². The van der Waals surface area contributed by atoms with Gasteiger partial charge in [-0.15, -0.1) is 0 Å². The molecule has 0 aliphatic rings. The molecule has 17 heavy (non-hydrogen) atoms. The van der Waals surface area contributed by atoms with Gasteiger partial charge in [-0.3, -0.25) is 10.1 Å². The Labute approximate surface area is 98.8 Å². The Morgan fingerprint density at radius 3 is 2.18 bits per heavy atom. The third-order valence-electron chi connectivity index (χ3n) is 2.43. The molecule has 0 rings (SSSR count). The van der Waals surface area contributed by atoms with Gasteiger partial charge in [0.05, 0.1) is 4.92 Å². The predicted molar refractivity (Wildman–Crippen MR) is 59.1 cm³/mol. The first kappa shape index (κ1) is 15.9. The maximum atomic E-state index is 12.3. The molecule has 0 aromatic rings. The number of nitro groups is 1. The van der Waals surface area contributed by atoms with E-state index in [0.29, 0.717) is 12.8 Å². The summed E-state index contributed by atoms with van der Waals surface area (Å²) in [6.07, 6.45) is 0.313. The lowest BCUT2D eigenvalue weighted by atomic mass is 10.1. The monoisotopic (exact) mass is 253 g/mol. The smallest absolute Gasteiger partial charge is 0.259 e. The minimum absolute atomic E-state index is 0.0754. The van der Waals surface area contributed by atoms with Crippen LogP contribution in [0.4, 0.5) is 13.2 Å². The van der Waals surface area contributed by atoms with Gasteiger partial charge in [0, 0.05) is 0 Å². The van der Waals surface area contributed by atoms with E-state index in [4.69, 9.17) is 0 Å². The van der Waals surface area contributed by atoms with Crippen LogP contribution in [-0.4, -0.2) is 11.1 Å². The largest absolute Gasteiger partial charge is 0.418 e. The Morgan fingerprint density at radius 2 is 1.71 bits per heavy atom. The van der Waals surface area contributed by atoms with Crippen molar-refractivity contribution in [2.24, 2.45) is 0 Å². The first-order valence-corrected chi connectivity index (χ1v) is 5.79. The van der Waals surface area contributed by atoms with Gasteiger partial charge in [0.15, 0.2) is 0 Å². The van der Waals surface area contributed by atoms with E-state index in [0.717, 1.165) is 25.7 Å². The summed E-state index contributed by atoms with van der Waals surface area (Å²) in [5.74, 6) is 0. The molecular weight excluding hydrogens is 235 g/mol. The highest BCUT2D eigenvalue weighted by Crippen LogP contribution is 2.29. The Hall–Kier alpha value is -1.07. The Balaban J connectivity index is 3.99. The Bertz CT molecular complexity index is 262. The highest BCUT2D eigenvalue weighted by Gasteiger charge is 2.35. The van der Waals surface area contributed by atoms with Crippen molar-refractivity contribution in [2.75, 3.05) is 0 Å². The van der Waals surface area contributed by atoms with E-state index in [1.54, 1.807) is 0 Å². The van der Waals surface area contributed by atoms with Gasteiger partial charge in [-0.2, -0.15) is 13.2 Å². The predicted octanol–water partition coefficient (Wildman–Crippen LogP) is 4.46. The molecule has 0 spiro atoms. The van der Waals surface area contributed by atoms with Crippen LogP contribution in [0.25, 0.3) is 0 Å². The zero-order valence-electron chi connectivity index (χ0n) is 9.92. The van der Waals surface area contributed by atoms with E-state index >= 15 is 0 Å². The van der Waals surface area contributed by atoms with Crippen molar-refractivity contribution in [1.82, 2.24) is 0 Å². The van der Waals surface area contributed by atoms with Crippen LogP contribution in [0.3, 0.4) is 0 Å². The average molecular weight is 253 g/mol. The number of allylic oxidation sites excluding steroid dienone is 1. The highest BCUT2D eigenvalue weighted by molar-refractivity contribution is 5.04. The fraction of sp³-hybridized carbons (Fsp3) is 0.818. The lowest BCUT2D eigenvalue weighted by Crippen LogP contribution is -2.13. The van der Waals surface area contributed by atoms with E-state index in [9.17, 15) is 23.3 Å². The van der Waals surface area contributed by atoms with Crippen molar-refractivity contribution in [1.29, 1.82) is 0 Å². The summed E-state index contributed by atoms with van der Waals surface area (Å²) in [5.41, 5.74) is -1.04. The van der Waals surface area contributed by atoms with E-state index < -0.39 is 16.7 Å². The first-order valence-electron chi connectivity index (χ1n) is 5.79. The number of hydrogen-bond acceptors (Lipinski definition) is 2.